The zero-order chi connectivity index (χ0) is 18.5. The Morgan fingerprint density at radius 2 is 1.65 bits per heavy atom. The van der Waals surface area contributed by atoms with E-state index in [1.54, 1.807) is 0 Å². The van der Waals surface area contributed by atoms with E-state index in [2.05, 4.69) is 36.6 Å². The quantitative estimate of drug-likeness (QED) is 0.762. The summed E-state index contributed by atoms with van der Waals surface area (Å²) in [7, 11) is 1.93. The molecule has 0 aliphatic carbocycles. The van der Waals surface area contributed by atoms with E-state index in [1.165, 1.54) is 0 Å². The molecule has 2 N–H and O–H groups in total. The van der Waals surface area contributed by atoms with E-state index in [9.17, 15) is 4.79 Å². The van der Waals surface area contributed by atoms with Crippen molar-refractivity contribution in [2.24, 2.45) is 0 Å². The molecular weight excluding hydrogens is 320 g/mol. The average Bonchev–Trinajstić information content (AvgIpc) is 3.04. The highest BCUT2D eigenvalue weighted by molar-refractivity contribution is 6.15. The van der Waals surface area contributed by atoms with E-state index in [4.69, 9.17) is 0 Å². The van der Waals surface area contributed by atoms with Crippen molar-refractivity contribution in [3.63, 3.8) is 0 Å². The molecule has 1 aliphatic heterocycles. The lowest BCUT2D eigenvalue weighted by Gasteiger charge is -2.18. The Kier molecular flexibility index (Phi) is 5.69. The third kappa shape index (κ3) is 3.49. The predicted octanol–water partition coefficient (Wildman–Crippen LogP) is 4.39. The molecule has 3 heteroatoms. The molecule has 2 aromatic carbocycles. The van der Waals surface area contributed by atoms with E-state index in [0.717, 1.165) is 46.4 Å². The van der Waals surface area contributed by atoms with Crippen molar-refractivity contribution < 1.29 is 4.79 Å². The average molecular weight is 346 g/mol. The molecule has 3 nitrogen and oxygen atoms in total. The number of hydrogen-bond acceptors (Lipinski definition) is 2. The van der Waals surface area contributed by atoms with Gasteiger partial charge < -0.3 is 10.6 Å². The second-order valence-electron chi connectivity index (χ2n) is 6.59. The topological polar surface area (TPSA) is 41.1 Å². The van der Waals surface area contributed by atoms with Crippen LogP contribution in [0.15, 0.2) is 71.8 Å². The maximum absolute atomic E-state index is 13.0. The van der Waals surface area contributed by atoms with Gasteiger partial charge in [0.1, 0.15) is 0 Å². The lowest BCUT2D eigenvalue weighted by Crippen LogP contribution is -2.25. The van der Waals surface area contributed by atoms with Gasteiger partial charge in [-0.1, -0.05) is 74.0 Å². The maximum Gasteiger partial charge on any atom is 0.256 e. The molecule has 1 amide bonds. The molecule has 0 spiro atoms. The van der Waals surface area contributed by atoms with Crippen LogP contribution in [-0.4, -0.2) is 19.0 Å². The number of carbonyl (C=O) groups excluding carboxylic acids is 1. The number of rotatable bonds is 6. The molecule has 134 valence electrons. The minimum atomic E-state index is -0.00624. The van der Waals surface area contributed by atoms with Crippen molar-refractivity contribution in [1.29, 1.82) is 0 Å². The molecule has 2 aromatic rings. The molecule has 3 rings (SSSR count). The normalized spacial score (nSPS) is 17.3. The van der Waals surface area contributed by atoms with Gasteiger partial charge in [0.25, 0.3) is 5.91 Å². The summed E-state index contributed by atoms with van der Waals surface area (Å²) < 4.78 is 0. The van der Waals surface area contributed by atoms with Crippen LogP contribution in [0.2, 0.25) is 0 Å². The molecule has 1 atom stereocenters. The minimum absolute atomic E-state index is 0.00624. The molecule has 0 fully saturated rings. The summed E-state index contributed by atoms with van der Waals surface area (Å²) in [6.07, 6.45) is 1.86. The second kappa shape index (κ2) is 8.15. The molecule has 26 heavy (non-hydrogen) atoms. The lowest BCUT2D eigenvalue weighted by molar-refractivity contribution is -0.115. The summed E-state index contributed by atoms with van der Waals surface area (Å²) in [5.74, 6) is -0.00624. The van der Waals surface area contributed by atoms with Gasteiger partial charge in [-0.3, -0.25) is 4.79 Å². The van der Waals surface area contributed by atoms with Crippen molar-refractivity contribution in [2.75, 3.05) is 7.05 Å². The SMILES string of the molecule is CCC/C(=C1/C(=O)NC(c2ccccc2)=C1C(C)NC)c1ccccc1. The third-order valence-corrected chi connectivity index (χ3v) is 4.86. The van der Waals surface area contributed by atoms with Crippen LogP contribution in [0.25, 0.3) is 11.3 Å². The van der Waals surface area contributed by atoms with Gasteiger partial charge in [0.05, 0.1) is 11.3 Å². The van der Waals surface area contributed by atoms with Gasteiger partial charge in [-0.25, -0.2) is 0 Å². The molecule has 1 unspecified atom stereocenters. The Hall–Kier alpha value is -2.65. The Morgan fingerprint density at radius 1 is 1.04 bits per heavy atom. The van der Waals surface area contributed by atoms with Gasteiger partial charge in [0.2, 0.25) is 0 Å². The highest BCUT2D eigenvalue weighted by Crippen LogP contribution is 2.37. The summed E-state index contributed by atoms with van der Waals surface area (Å²) in [6, 6.07) is 20.4. The Bertz CT molecular complexity index is 835. The number of hydrogen-bond donors (Lipinski definition) is 2. The summed E-state index contributed by atoms with van der Waals surface area (Å²) in [6.45, 7) is 4.26. The minimum Gasteiger partial charge on any atom is -0.321 e. The molecular formula is C23H26N2O. The van der Waals surface area contributed by atoms with Crippen molar-refractivity contribution in [3.05, 3.63) is 82.9 Å². The molecule has 0 aromatic heterocycles. The summed E-state index contributed by atoms with van der Waals surface area (Å²) in [5.41, 5.74) is 6.06. The first kappa shape index (κ1) is 18.2. The van der Waals surface area contributed by atoms with Crippen LogP contribution >= 0.6 is 0 Å². The molecule has 1 heterocycles. The largest absolute Gasteiger partial charge is 0.321 e. The van der Waals surface area contributed by atoms with Crippen LogP contribution < -0.4 is 10.6 Å². The van der Waals surface area contributed by atoms with Gasteiger partial charge in [-0.05, 0) is 37.1 Å². The van der Waals surface area contributed by atoms with Crippen LogP contribution in [0.1, 0.15) is 37.8 Å². The molecule has 0 radical (unpaired) electrons. The zero-order valence-electron chi connectivity index (χ0n) is 15.7. The fourth-order valence-electron chi connectivity index (χ4n) is 3.50. The highest BCUT2D eigenvalue weighted by atomic mass is 16.2. The third-order valence-electron chi connectivity index (χ3n) is 4.86. The van der Waals surface area contributed by atoms with Gasteiger partial charge in [-0.2, -0.15) is 0 Å². The molecule has 0 saturated carbocycles. The smallest absolute Gasteiger partial charge is 0.256 e. The van der Waals surface area contributed by atoms with E-state index in [-0.39, 0.29) is 11.9 Å². The van der Waals surface area contributed by atoms with Crippen LogP contribution in [0.3, 0.4) is 0 Å². The Balaban J connectivity index is 2.26. The van der Waals surface area contributed by atoms with Crippen molar-refractivity contribution in [1.82, 2.24) is 10.6 Å². The molecule has 0 saturated heterocycles. The number of amides is 1. The summed E-state index contributed by atoms with van der Waals surface area (Å²) in [4.78, 5) is 13.0. The van der Waals surface area contributed by atoms with Gasteiger partial charge >= 0.3 is 0 Å². The van der Waals surface area contributed by atoms with Crippen LogP contribution in [0, 0.1) is 0 Å². The number of nitrogens with one attached hydrogen (secondary N) is 2. The Labute approximate surface area is 155 Å². The number of benzene rings is 2. The maximum atomic E-state index is 13.0. The van der Waals surface area contributed by atoms with E-state index in [0.29, 0.717) is 0 Å². The van der Waals surface area contributed by atoms with Gasteiger partial charge in [0.15, 0.2) is 0 Å². The second-order valence-corrected chi connectivity index (χ2v) is 6.59. The van der Waals surface area contributed by atoms with E-state index >= 15 is 0 Å². The molecule has 0 bridgehead atoms. The van der Waals surface area contributed by atoms with E-state index < -0.39 is 0 Å². The predicted molar refractivity (Wildman–Crippen MR) is 108 cm³/mol. The number of likely N-dealkylation sites (N-methyl/N-ethyl adjacent to an activating group) is 1. The summed E-state index contributed by atoms with van der Waals surface area (Å²) in [5, 5.41) is 6.46. The van der Waals surface area contributed by atoms with Crippen molar-refractivity contribution in [3.8, 4) is 0 Å². The standard InChI is InChI=1S/C23H26N2O/c1-4-11-19(17-12-7-5-8-13-17)21-20(16(2)24-3)22(25-23(21)26)18-14-9-6-10-15-18/h5-10,12-16,24H,4,11H2,1-3H3,(H,25,26)/b21-19-. The number of carbonyl (C=O) groups is 1. The Morgan fingerprint density at radius 3 is 2.23 bits per heavy atom. The van der Waals surface area contributed by atoms with Crippen LogP contribution in [0.5, 0.6) is 0 Å². The lowest BCUT2D eigenvalue weighted by atomic mass is 9.88. The first-order valence-electron chi connectivity index (χ1n) is 9.24. The van der Waals surface area contributed by atoms with Gasteiger partial charge in [0, 0.05) is 11.6 Å². The van der Waals surface area contributed by atoms with Crippen LogP contribution in [-0.2, 0) is 4.79 Å². The monoisotopic (exact) mass is 346 g/mol. The van der Waals surface area contributed by atoms with Gasteiger partial charge in [-0.15, -0.1) is 0 Å². The van der Waals surface area contributed by atoms with E-state index in [1.807, 2.05) is 55.6 Å². The van der Waals surface area contributed by atoms with Crippen molar-refractivity contribution >= 4 is 17.2 Å². The summed E-state index contributed by atoms with van der Waals surface area (Å²) >= 11 is 0. The number of allylic oxidation sites excluding steroid dienone is 1. The fourth-order valence-corrected chi connectivity index (χ4v) is 3.50. The zero-order valence-corrected chi connectivity index (χ0v) is 15.7. The first-order chi connectivity index (χ1) is 12.7. The van der Waals surface area contributed by atoms with Crippen LogP contribution in [0.4, 0.5) is 0 Å². The first-order valence-corrected chi connectivity index (χ1v) is 9.24. The highest BCUT2D eigenvalue weighted by Gasteiger charge is 2.33. The fraction of sp³-hybridized carbons (Fsp3) is 0.261. The molecule has 1 aliphatic rings. The van der Waals surface area contributed by atoms with Crippen molar-refractivity contribution in [2.45, 2.75) is 32.7 Å².